The zero-order valence-corrected chi connectivity index (χ0v) is 15.6. The number of nitrogens with two attached hydrogens (primary N) is 1. The number of ether oxygens (including phenoxy) is 2. The van der Waals surface area contributed by atoms with E-state index in [9.17, 15) is 14.7 Å². The summed E-state index contributed by atoms with van der Waals surface area (Å²) in [5.74, 6) is -0.412. The summed E-state index contributed by atoms with van der Waals surface area (Å²) < 4.78 is 10.0. The van der Waals surface area contributed by atoms with E-state index >= 15 is 0 Å². The van der Waals surface area contributed by atoms with Gasteiger partial charge in [-0.2, -0.15) is 0 Å². The van der Waals surface area contributed by atoms with Crippen molar-refractivity contribution in [2.45, 2.75) is 13.5 Å². The van der Waals surface area contributed by atoms with Crippen molar-refractivity contribution in [2.75, 3.05) is 13.2 Å². The van der Waals surface area contributed by atoms with Gasteiger partial charge in [-0.25, -0.2) is 4.79 Å². The summed E-state index contributed by atoms with van der Waals surface area (Å²) >= 11 is 6.16. The summed E-state index contributed by atoms with van der Waals surface area (Å²) in [4.78, 5) is 23.9. The summed E-state index contributed by atoms with van der Waals surface area (Å²) in [7, 11) is 0. The van der Waals surface area contributed by atoms with Gasteiger partial charge in [-0.15, -0.1) is 12.4 Å². The van der Waals surface area contributed by atoms with Gasteiger partial charge in [0.25, 0.3) is 0 Å². The summed E-state index contributed by atoms with van der Waals surface area (Å²) in [5, 5.41) is 9.84. The van der Waals surface area contributed by atoms with Gasteiger partial charge in [0.05, 0.1) is 11.6 Å². The van der Waals surface area contributed by atoms with Gasteiger partial charge in [-0.3, -0.25) is 4.79 Å². The number of phenols is 1. The number of phenolic OH excluding ortho intramolecular Hbond substituents is 1. The lowest BCUT2D eigenvalue weighted by Gasteiger charge is -2.09. The van der Waals surface area contributed by atoms with E-state index in [2.05, 4.69) is 0 Å². The Balaban J connectivity index is 0.00000338. The summed E-state index contributed by atoms with van der Waals surface area (Å²) in [5.41, 5.74) is 6.64. The van der Waals surface area contributed by atoms with Gasteiger partial charge >= 0.3 is 5.97 Å². The molecule has 0 atom stereocenters. The monoisotopic (exact) mass is 399 g/mol. The number of carbonyl (C=O) groups is 2. The number of esters is 1. The molecule has 0 aliphatic rings. The Hall–Kier alpha value is -2.28. The van der Waals surface area contributed by atoms with Gasteiger partial charge in [0.15, 0.2) is 12.4 Å². The topological polar surface area (TPSA) is 98.8 Å². The van der Waals surface area contributed by atoms with Gasteiger partial charge in [-0.05, 0) is 43.3 Å². The minimum Gasteiger partial charge on any atom is -0.508 e. The fourth-order valence-corrected chi connectivity index (χ4v) is 2.42. The molecule has 0 amide bonds. The van der Waals surface area contributed by atoms with Crippen LogP contribution in [0.15, 0.2) is 36.4 Å². The fourth-order valence-electron chi connectivity index (χ4n) is 2.16. The molecule has 2 aromatic carbocycles. The largest absolute Gasteiger partial charge is 0.508 e. The Labute approximate surface area is 162 Å². The molecule has 140 valence electrons. The zero-order chi connectivity index (χ0) is 18.4. The van der Waals surface area contributed by atoms with Crippen molar-refractivity contribution in [2.24, 2.45) is 5.73 Å². The average molecular weight is 400 g/mol. The van der Waals surface area contributed by atoms with Crippen LogP contribution in [-0.2, 0) is 16.1 Å². The minimum absolute atomic E-state index is 0. The van der Waals surface area contributed by atoms with Gasteiger partial charge in [-0.1, -0.05) is 11.6 Å². The molecule has 0 aromatic heterocycles. The molecule has 0 radical (unpaired) electrons. The number of carbonyl (C=O) groups excluding carboxylic acids is 2. The lowest BCUT2D eigenvalue weighted by atomic mass is 10.0. The average Bonchev–Trinajstić information content (AvgIpc) is 2.60. The van der Waals surface area contributed by atoms with Crippen molar-refractivity contribution in [3.8, 4) is 11.5 Å². The molecule has 0 fully saturated rings. The van der Waals surface area contributed by atoms with Crippen LogP contribution in [-0.4, -0.2) is 30.1 Å². The van der Waals surface area contributed by atoms with Crippen LogP contribution >= 0.6 is 24.0 Å². The van der Waals surface area contributed by atoms with Crippen LogP contribution in [0.2, 0.25) is 5.02 Å². The smallest absolute Gasteiger partial charge is 0.344 e. The van der Waals surface area contributed by atoms with Crippen molar-refractivity contribution in [1.82, 2.24) is 0 Å². The van der Waals surface area contributed by atoms with Crippen LogP contribution in [0.4, 0.5) is 0 Å². The molecule has 3 N–H and O–H groups in total. The number of hydrogen-bond donors (Lipinski definition) is 2. The molecule has 26 heavy (non-hydrogen) atoms. The third-order valence-electron chi connectivity index (χ3n) is 3.41. The van der Waals surface area contributed by atoms with Crippen molar-refractivity contribution >= 4 is 35.8 Å². The second-order valence-electron chi connectivity index (χ2n) is 5.11. The number of ketones is 1. The number of halogens is 2. The summed E-state index contributed by atoms with van der Waals surface area (Å²) in [6.45, 7) is 1.85. The van der Waals surface area contributed by atoms with Crippen LogP contribution in [0.1, 0.15) is 28.4 Å². The molecule has 0 saturated carbocycles. The van der Waals surface area contributed by atoms with E-state index in [0.29, 0.717) is 16.9 Å². The Morgan fingerprint density at radius 2 is 1.92 bits per heavy atom. The maximum absolute atomic E-state index is 12.6. The predicted molar refractivity (Wildman–Crippen MR) is 100 cm³/mol. The van der Waals surface area contributed by atoms with Gasteiger partial charge in [0.1, 0.15) is 11.5 Å². The highest BCUT2D eigenvalue weighted by Gasteiger charge is 2.15. The molecule has 0 heterocycles. The lowest BCUT2D eigenvalue weighted by Crippen LogP contribution is -2.14. The highest BCUT2D eigenvalue weighted by atomic mass is 35.5. The van der Waals surface area contributed by atoms with Gasteiger partial charge in [0.2, 0.25) is 0 Å². The van der Waals surface area contributed by atoms with E-state index in [0.717, 1.165) is 0 Å². The van der Waals surface area contributed by atoms with E-state index < -0.39 is 5.97 Å². The van der Waals surface area contributed by atoms with Crippen LogP contribution < -0.4 is 10.5 Å². The first-order chi connectivity index (χ1) is 12.0. The standard InChI is InChI=1S/C18H18ClNO5.ClH/c1-2-24-17(22)10-25-13-4-5-14(15(19)8-13)18(23)11-3-6-16(21)12(7-11)9-20;/h3-8,21H,2,9-10,20H2,1H3;1H. The number of aromatic hydroxyl groups is 1. The molecule has 0 aliphatic heterocycles. The van der Waals surface area contributed by atoms with Crippen LogP contribution in [0.5, 0.6) is 11.5 Å². The van der Waals surface area contributed by atoms with E-state index in [-0.39, 0.29) is 54.3 Å². The lowest BCUT2D eigenvalue weighted by molar-refractivity contribution is -0.145. The minimum atomic E-state index is -0.489. The van der Waals surface area contributed by atoms with E-state index in [1.807, 2.05) is 0 Å². The van der Waals surface area contributed by atoms with E-state index in [1.165, 1.54) is 30.3 Å². The summed E-state index contributed by atoms with van der Waals surface area (Å²) in [6, 6.07) is 8.96. The molecule has 8 heteroatoms. The van der Waals surface area contributed by atoms with Crippen molar-refractivity contribution in [3.63, 3.8) is 0 Å². The molecule has 0 saturated heterocycles. The molecule has 0 aliphatic carbocycles. The molecule has 6 nitrogen and oxygen atoms in total. The highest BCUT2D eigenvalue weighted by Crippen LogP contribution is 2.26. The highest BCUT2D eigenvalue weighted by molar-refractivity contribution is 6.35. The molecule has 2 rings (SSSR count). The molecule has 0 spiro atoms. The molecular formula is C18H19Cl2NO5. The van der Waals surface area contributed by atoms with Gasteiger partial charge in [0, 0.05) is 23.2 Å². The first-order valence-electron chi connectivity index (χ1n) is 7.60. The molecule has 2 aromatic rings. The van der Waals surface area contributed by atoms with E-state index in [4.69, 9.17) is 26.8 Å². The Kier molecular flexibility index (Phi) is 8.38. The molecular weight excluding hydrogens is 381 g/mol. The second-order valence-corrected chi connectivity index (χ2v) is 5.52. The number of rotatable bonds is 7. The third kappa shape index (κ3) is 5.36. The number of hydrogen-bond acceptors (Lipinski definition) is 6. The third-order valence-corrected chi connectivity index (χ3v) is 3.72. The van der Waals surface area contributed by atoms with Crippen molar-refractivity contribution < 1.29 is 24.2 Å². The van der Waals surface area contributed by atoms with Crippen molar-refractivity contribution in [1.29, 1.82) is 0 Å². The zero-order valence-electron chi connectivity index (χ0n) is 14.0. The van der Waals surface area contributed by atoms with E-state index in [1.54, 1.807) is 13.0 Å². The normalized spacial score (nSPS) is 9.96. The van der Waals surface area contributed by atoms with Crippen LogP contribution in [0, 0.1) is 0 Å². The SMILES string of the molecule is CCOC(=O)COc1ccc(C(=O)c2ccc(O)c(CN)c2)c(Cl)c1.Cl. The quantitative estimate of drug-likeness (QED) is 0.548. The van der Waals surface area contributed by atoms with Crippen LogP contribution in [0.25, 0.3) is 0 Å². The first kappa shape index (κ1) is 21.8. The maximum atomic E-state index is 12.6. The number of benzene rings is 2. The summed E-state index contributed by atoms with van der Waals surface area (Å²) in [6.07, 6.45) is 0. The molecule has 0 unspecified atom stereocenters. The van der Waals surface area contributed by atoms with Gasteiger partial charge < -0.3 is 20.3 Å². The maximum Gasteiger partial charge on any atom is 0.344 e. The Morgan fingerprint density at radius 3 is 2.54 bits per heavy atom. The first-order valence-corrected chi connectivity index (χ1v) is 7.98. The molecule has 0 bridgehead atoms. The predicted octanol–water partition coefficient (Wildman–Crippen LogP) is 3.10. The fraction of sp³-hybridized carbons (Fsp3) is 0.222. The van der Waals surface area contributed by atoms with Crippen LogP contribution in [0.3, 0.4) is 0 Å². The Bertz CT molecular complexity index is 795. The van der Waals surface area contributed by atoms with Crippen molar-refractivity contribution in [3.05, 3.63) is 58.1 Å². The Morgan fingerprint density at radius 1 is 1.19 bits per heavy atom. The second kappa shape index (κ2) is 10.0.